The van der Waals surface area contributed by atoms with Crippen LogP contribution in [0.5, 0.6) is 0 Å². The van der Waals surface area contributed by atoms with Crippen molar-refractivity contribution in [2.75, 3.05) is 7.05 Å². The van der Waals surface area contributed by atoms with E-state index < -0.39 is 17.5 Å². The van der Waals surface area contributed by atoms with E-state index in [2.05, 4.69) is 15.4 Å². The van der Waals surface area contributed by atoms with E-state index in [4.69, 9.17) is 0 Å². The summed E-state index contributed by atoms with van der Waals surface area (Å²) < 4.78 is 31.2. The number of rotatable bonds is 7. The summed E-state index contributed by atoms with van der Waals surface area (Å²) in [6.45, 7) is 1.85. The number of hydrogen-bond acceptors (Lipinski definition) is 4. The van der Waals surface area contributed by atoms with E-state index in [-0.39, 0.29) is 33.5 Å². The lowest BCUT2D eigenvalue weighted by Gasteiger charge is -2.15. The third kappa shape index (κ3) is 4.35. The van der Waals surface area contributed by atoms with Gasteiger partial charge in [0.1, 0.15) is 17.0 Å². The molecule has 0 unspecified atom stereocenters. The average molecular weight is 537 g/mol. The molecule has 200 valence electrons. The zero-order chi connectivity index (χ0) is 28.0. The summed E-state index contributed by atoms with van der Waals surface area (Å²) >= 11 is 0. The maximum Gasteiger partial charge on any atom is 0.255 e. The van der Waals surface area contributed by atoms with Gasteiger partial charge in [0, 0.05) is 53.7 Å². The van der Waals surface area contributed by atoms with Gasteiger partial charge in [0.05, 0.1) is 5.56 Å². The molecular formula is C32H26F2N4O2. The fourth-order valence-electron chi connectivity index (χ4n) is 5.30. The van der Waals surface area contributed by atoms with Crippen LogP contribution in [-0.4, -0.2) is 33.3 Å². The van der Waals surface area contributed by atoms with Crippen molar-refractivity contribution in [2.45, 2.75) is 31.6 Å². The normalized spacial score (nSPS) is 13.8. The molecule has 1 saturated carbocycles. The topological polar surface area (TPSA) is 76.4 Å². The molecule has 1 fully saturated rings. The Balaban J connectivity index is 1.43. The van der Waals surface area contributed by atoms with Crippen molar-refractivity contribution in [1.82, 2.24) is 19.9 Å². The second-order valence-electron chi connectivity index (χ2n) is 10.3. The van der Waals surface area contributed by atoms with E-state index in [1.165, 1.54) is 35.8 Å². The summed E-state index contributed by atoms with van der Waals surface area (Å²) in [6, 6.07) is 18.2. The van der Waals surface area contributed by atoms with Crippen LogP contribution in [-0.2, 0) is 5.41 Å². The Hall–Kier alpha value is -4.72. The van der Waals surface area contributed by atoms with Gasteiger partial charge in [-0.2, -0.15) is 5.10 Å². The molecule has 0 spiro atoms. The van der Waals surface area contributed by atoms with E-state index >= 15 is 4.39 Å². The number of pyridine rings is 2. The van der Waals surface area contributed by atoms with Crippen molar-refractivity contribution in [3.8, 4) is 22.4 Å². The van der Waals surface area contributed by atoms with E-state index in [1.54, 1.807) is 30.6 Å². The molecule has 1 amide bonds. The molecule has 6 rings (SSSR count). The van der Waals surface area contributed by atoms with Gasteiger partial charge in [0.25, 0.3) is 5.91 Å². The third-order valence-electron chi connectivity index (χ3n) is 7.72. The Bertz CT molecular complexity index is 1780. The van der Waals surface area contributed by atoms with E-state index in [0.29, 0.717) is 23.1 Å². The van der Waals surface area contributed by atoms with Crippen LogP contribution in [0.4, 0.5) is 8.78 Å². The van der Waals surface area contributed by atoms with Gasteiger partial charge in [-0.1, -0.05) is 18.2 Å². The fraction of sp³-hybridized carbons (Fsp3) is 0.188. The van der Waals surface area contributed by atoms with Crippen molar-refractivity contribution in [1.29, 1.82) is 0 Å². The Kier molecular flexibility index (Phi) is 6.25. The number of aromatic nitrogens is 3. The van der Waals surface area contributed by atoms with Crippen molar-refractivity contribution in [3.63, 3.8) is 0 Å². The largest absolute Gasteiger partial charge is 0.355 e. The summed E-state index contributed by atoms with van der Waals surface area (Å²) in [5.74, 6) is -1.61. The van der Waals surface area contributed by atoms with Gasteiger partial charge in [0.2, 0.25) is 0 Å². The Morgan fingerprint density at radius 2 is 1.77 bits per heavy atom. The van der Waals surface area contributed by atoms with Gasteiger partial charge >= 0.3 is 0 Å². The first-order valence-corrected chi connectivity index (χ1v) is 13.1. The lowest BCUT2D eigenvalue weighted by Crippen LogP contribution is -2.18. The molecule has 6 nitrogen and oxygen atoms in total. The number of halogens is 2. The molecule has 0 saturated heterocycles. The predicted octanol–water partition coefficient (Wildman–Crippen LogP) is 6.31. The number of benzene rings is 2. The summed E-state index contributed by atoms with van der Waals surface area (Å²) in [7, 11) is 1.46. The Morgan fingerprint density at radius 3 is 2.45 bits per heavy atom. The number of Topliss-reactive ketones (excluding diaryl/α,β-unsaturated/α-hetero) is 1. The smallest absolute Gasteiger partial charge is 0.255 e. The molecular weight excluding hydrogens is 510 g/mol. The maximum atomic E-state index is 16.3. The summed E-state index contributed by atoms with van der Waals surface area (Å²) in [6.07, 6.45) is 5.47. The van der Waals surface area contributed by atoms with Crippen LogP contribution in [0, 0.1) is 18.6 Å². The maximum absolute atomic E-state index is 16.3. The quantitative estimate of drug-likeness (QED) is 0.247. The van der Waals surface area contributed by atoms with E-state index in [0.717, 1.165) is 24.1 Å². The third-order valence-corrected chi connectivity index (χ3v) is 7.72. The van der Waals surface area contributed by atoms with E-state index in [9.17, 15) is 14.0 Å². The monoisotopic (exact) mass is 536 g/mol. The molecule has 1 N–H and O–H groups in total. The number of carbonyl (C=O) groups excluding carboxylic acids is 2. The zero-order valence-electron chi connectivity index (χ0n) is 22.0. The number of amides is 1. The molecule has 0 radical (unpaired) electrons. The number of ketones is 1. The average Bonchev–Trinajstić information content (AvgIpc) is 3.65. The van der Waals surface area contributed by atoms with Gasteiger partial charge in [-0.05, 0) is 79.4 Å². The zero-order valence-corrected chi connectivity index (χ0v) is 22.0. The van der Waals surface area contributed by atoms with Crippen LogP contribution >= 0.6 is 0 Å². The number of carbonyl (C=O) groups is 2. The highest BCUT2D eigenvalue weighted by Gasteiger charge is 2.47. The lowest BCUT2D eigenvalue weighted by atomic mass is 9.90. The van der Waals surface area contributed by atoms with Gasteiger partial charge < -0.3 is 5.32 Å². The van der Waals surface area contributed by atoms with E-state index in [1.807, 2.05) is 31.2 Å². The second-order valence-corrected chi connectivity index (χ2v) is 10.3. The molecule has 1 aliphatic rings. The Morgan fingerprint density at radius 1 is 1.00 bits per heavy atom. The highest BCUT2D eigenvalue weighted by molar-refractivity contribution is 6.07. The van der Waals surface area contributed by atoms with Crippen LogP contribution in [0.25, 0.3) is 27.9 Å². The molecule has 0 atom stereocenters. The molecule has 3 aromatic heterocycles. The Labute approximate surface area is 229 Å². The minimum absolute atomic E-state index is 0.000565. The molecule has 2 aromatic carbocycles. The first kappa shape index (κ1) is 25.6. The van der Waals surface area contributed by atoms with Gasteiger partial charge in [-0.25, -0.2) is 13.3 Å². The van der Waals surface area contributed by atoms with Gasteiger partial charge in [0.15, 0.2) is 11.6 Å². The molecule has 8 heteroatoms. The number of fused-ring (bicyclic) bond motifs is 1. The second kappa shape index (κ2) is 9.79. The number of aryl methyl sites for hydroxylation is 1. The van der Waals surface area contributed by atoms with Crippen LogP contribution in [0.2, 0.25) is 0 Å². The van der Waals surface area contributed by atoms with Crippen LogP contribution in [0.3, 0.4) is 0 Å². The fourth-order valence-corrected chi connectivity index (χ4v) is 5.30. The summed E-state index contributed by atoms with van der Waals surface area (Å²) in [4.78, 5) is 30.9. The molecule has 0 bridgehead atoms. The number of hydrogen-bond donors (Lipinski definition) is 1. The highest BCUT2D eigenvalue weighted by atomic mass is 19.1. The first-order chi connectivity index (χ1) is 19.3. The standard InChI is InChI=1S/C32H26F2N4O2/c1-19-6-7-21(25(39)18-32(13-14-32)26-5-3-4-15-36-26)17-24(19)23-12-16-38-30(28(23)34)27(31(40)35-2)29(37-38)20-8-10-22(33)11-9-20/h3-12,15-17H,13-14,18H2,1-2H3,(H,35,40). The van der Waals surface area contributed by atoms with Crippen molar-refractivity contribution >= 4 is 17.2 Å². The lowest BCUT2D eigenvalue weighted by molar-refractivity contribution is 0.0958. The summed E-state index contributed by atoms with van der Waals surface area (Å²) in [5.41, 5.74) is 3.53. The van der Waals surface area contributed by atoms with Gasteiger partial charge in [-0.15, -0.1) is 0 Å². The predicted molar refractivity (Wildman–Crippen MR) is 148 cm³/mol. The van der Waals surface area contributed by atoms with Crippen LogP contribution in [0.1, 0.15) is 51.2 Å². The molecule has 3 heterocycles. The molecule has 1 aliphatic carbocycles. The van der Waals surface area contributed by atoms with Crippen LogP contribution in [0.15, 0.2) is 79.1 Å². The molecule has 0 aliphatic heterocycles. The van der Waals surface area contributed by atoms with Crippen molar-refractivity contribution in [2.24, 2.45) is 0 Å². The van der Waals surface area contributed by atoms with Crippen LogP contribution < -0.4 is 5.32 Å². The minimum Gasteiger partial charge on any atom is -0.355 e. The van der Waals surface area contributed by atoms with Gasteiger partial charge in [-0.3, -0.25) is 14.6 Å². The summed E-state index contributed by atoms with van der Waals surface area (Å²) in [5, 5.41) is 7.02. The molecule has 5 aromatic rings. The number of nitrogens with one attached hydrogen (secondary N) is 1. The minimum atomic E-state index is -0.637. The number of nitrogens with zero attached hydrogens (tertiary/aromatic N) is 3. The van der Waals surface area contributed by atoms with Crippen molar-refractivity contribution in [3.05, 3.63) is 113 Å². The van der Waals surface area contributed by atoms with Crippen molar-refractivity contribution < 1.29 is 18.4 Å². The first-order valence-electron chi connectivity index (χ1n) is 13.1. The SMILES string of the molecule is CNC(=O)c1c(-c2ccc(F)cc2)nn2ccc(-c3cc(C(=O)CC4(c5ccccn5)CC4)ccc3C)c(F)c12. The molecule has 40 heavy (non-hydrogen) atoms. The highest BCUT2D eigenvalue weighted by Crippen LogP contribution is 2.50.